The Morgan fingerprint density at radius 1 is 1.47 bits per heavy atom. The van der Waals surface area contributed by atoms with Gasteiger partial charge in [-0.1, -0.05) is 19.8 Å². The fourth-order valence-electron chi connectivity index (χ4n) is 2.37. The highest BCUT2D eigenvalue weighted by Gasteiger charge is 2.19. The number of nitrogens with zero attached hydrogens (tertiary/aromatic N) is 2. The molecule has 1 atom stereocenters. The SMILES string of the molecule is CCCC1CCc2nnc(NC)cc2C1. The first-order valence-electron chi connectivity index (χ1n) is 5.86. The van der Waals surface area contributed by atoms with E-state index >= 15 is 0 Å². The molecule has 2 rings (SSSR count). The summed E-state index contributed by atoms with van der Waals surface area (Å²) < 4.78 is 0. The van der Waals surface area contributed by atoms with Crippen LogP contribution < -0.4 is 5.32 Å². The lowest BCUT2D eigenvalue weighted by Crippen LogP contribution is -2.16. The van der Waals surface area contributed by atoms with Crippen molar-refractivity contribution in [3.8, 4) is 0 Å². The minimum absolute atomic E-state index is 0.858. The molecule has 0 saturated carbocycles. The minimum Gasteiger partial charge on any atom is -0.372 e. The second-order valence-electron chi connectivity index (χ2n) is 4.35. The molecular formula is C12H19N3. The standard InChI is InChI=1S/C12H19N3/c1-3-4-9-5-6-11-10(7-9)8-12(13-2)15-14-11/h8-9H,3-7H2,1-2H3,(H,13,15). The first-order valence-corrected chi connectivity index (χ1v) is 5.86. The Hall–Kier alpha value is -1.12. The number of fused-ring (bicyclic) bond motifs is 1. The van der Waals surface area contributed by atoms with E-state index in [1.807, 2.05) is 7.05 Å². The van der Waals surface area contributed by atoms with E-state index in [0.717, 1.165) is 18.2 Å². The average molecular weight is 205 g/mol. The summed E-state index contributed by atoms with van der Waals surface area (Å²) in [5.74, 6) is 1.75. The van der Waals surface area contributed by atoms with Gasteiger partial charge in [0, 0.05) is 7.05 Å². The van der Waals surface area contributed by atoms with E-state index in [4.69, 9.17) is 0 Å². The zero-order chi connectivity index (χ0) is 10.7. The van der Waals surface area contributed by atoms with Crippen molar-refractivity contribution in [2.45, 2.75) is 39.0 Å². The molecule has 1 unspecified atom stereocenters. The van der Waals surface area contributed by atoms with Gasteiger partial charge in [-0.05, 0) is 36.8 Å². The first-order chi connectivity index (χ1) is 7.33. The predicted octanol–water partition coefficient (Wildman–Crippen LogP) is 2.42. The Bertz CT molecular complexity index is 336. The third-order valence-electron chi connectivity index (χ3n) is 3.21. The molecule has 1 aliphatic carbocycles. The van der Waals surface area contributed by atoms with E-state index in [1.165, 1.54) is 36.9 Å². The number of anilines is 1. The van der Waals surface area contributed by atoms with E-state index in [1.54, 1.807) is 0 Å². The Morgan fingerprint density at radius 3 is 3.07 bits per heavy atom. The molecule has 1 N–H and O–H groups in total. The summed E-state index contributed by atoms with van der Waals surface area (Å²) in [6, 6.07) is 2.16. The largest absolute Gasteiger partial charge is 0.372 e. The molecule has 1 aromatic heterocycles. The summed E-state index contributed by atoms with van der Waals surface area (Å²) in [5.41, 5.74) is 2.61. The van der Waals surface area contributed by atoms with Gasteiger partial charge in [0.05, 0.1) is 5.69 Å². The molecule has 1 aliphatic rings. The molecule has 0 aromatic carbocycles. The van der Waals surface area contributed by atoms with Crippen molar-refractivity contribution in [1.82, 2.24) is 10.2 Å². The van der Waals surface area contributed by atoms with Crippen molar-refractivity contribution in [3.63, 3.8) is 0 Å². The topological polar surface area (TPSA) is 37.8 Å². The molecule has 82 valence electrons. The lowest BCUT2D eigenvalue weighted by molar-refractivity contribution is 0.416. The second-order valence-corrected chi connectivity index (χ2v) is 4.35. The van der Waals surface area contributed by atoms with E-state index in [2.05, 4.69) is 28.5 Å². The number of nitrogens with one attached hydrogen (secondary N) is 1. The molecule has 0 fully saturated rings. The maximum Gasteiger partial charge on any atom is 0.148 e. The first kappa shape index (κ1) is 10.4. The lowest BCUT2D eigenvalue weighted by atomic mass is 9.84. The molecule has 3 nitrogen and oxygen atoms in total. The number of rotatable bonds is 3. The molecule has 0 radical (unpaired) electrons. The van der Waals surface area contributed by atoms with Gasteiger partial charge in [-0.2, -0.15) is 5.10 Å². The van der Waals surface area contributed by atoms with Crippen molar-refractivity contribution in [3.05, 3.63) is 17.3 Å². The molecule has 15 heavy (non-hydrogen) atoms. The Labute approximate surface area is 91.3 Å². The number of hydrogen-bond donors (Lipinski definition) is 1. The van der Waals surface area contributed by atoms with Gasteiger partial charge in [0.1, 0.15) is 5.82 Å². The zero-order valence-corrected chi connectivity index (χ0v) is 9.58. The van der Waals surface area contributed by atoms with Crippen LogP contribution in [0.25, 0.3) is 0 Å². The molecule has 1 aromatic rings. The van der Waals surface area contributed by atoms with Gasteiger partial charge in [0.2, 0.25) is 0 Å². The van der Waals surface area contributed by atoms with E-state index in [0.29, 0.717) is 0 Å². The van der Waals surface area contributed by atoms with Gasteiger partial charge in [-0.15, -0.1) is 5.10 Å². The van der Waals surface area contributed by atoms with Crippen molar-refractivity contribution < 1.29 is 0 Å². The summed E-state index contributed by atoms with van der Waals surface area (Å²) in [6.07, 6.45) is 6.22. The average Bonchev–Trinajstić information content (AvgIpc) is 2.28. The third kappa shape index (κ3) is 2.28. The normalized spacial score (nSPS) is 19.7. The van der Waals surface area contributed by atoms with E-state index in [-0.39, 0.29) is 0 Å². The Balaban J connectivity index is 2.16. The third-order valence-corrected chi connectivity index (χ3v) is 3.21. The smallest absolute Gasteiger partial charge is 0.148 e. The highest BCUT2D eigenvalue weighted by Crippen LogP contribution is 2.27. The van der Waals surface area contributed by atoms with E-state index < -0.39 is 0 Å². The van der Waals surface area contributed by atoms with Gasteiger partial charge >= 0.3 is 0 Å². The molecular weight excluding hydrogens is 186 g/mol. The summed E-state index contributed by atoms with van der Waals surface area (Å²) in [5, 5.41) is 11.4. The van der Waals surface area contributed by atoms with Crippen LogP contribution in [0.1, 0.15) is 37.4 Å². The Kier molecular flexibility index (Phi) is 3.19. The van der Waals surface area contributed by atoms with Gasteiger partial charge in [-0.3, -0.25) is 0 Å². The molecule has 0 bridgehead atoms. The van der Waals surface area contributed by atoms with Crippen LogP contribution in [0.4, 0.5) is 5.82 Å². The zero-order valence-electron chi connectivity index (χ0n) is 9.58. The van der Waals surface area contributed by atoms with Crippen LogP contribution in [0.3, 0.4) is 0 Å². The summed E-state index contributed by atoms with van der Waals surface area (Å²) in [4.78, 5) is 0. The fourth-order valence-corrected chi connectivity index (χ4v) is 2.37. The van der Waals surface area contributed by atoms with Crippen molar-refractivity contribution >= 4 is 5.82 Å². The quantitative estimate of drug-likeness (QED) is 0.823. The number of hydrogen-bond acceptors (Lipinski definition) is 3. The van der Waals surface area contributed by atoms with Gasteiger partial charge < -0.3 is 5.32 Å². The van der Waals surface area contributed by atoms with Gasteiger partial charge in [0.25, 0.3) is 0 Å². The summed E-state index contributed by atoms with van der Waals surface area (Å²) >= 11 is 0. The summed E-state index contributed by atoms with van der Waals surface area (Å²) in [6.45, 7) is 2.26. The monoisotopic (exact) mass is 205 g/mol. The maximum absolute atomic E-state index is 4.27. The molecule has 0 saturated heterocycles. The molecule has 3 heteroatoms. The number of aryl methyl sites for hydroxylation is 1. The molecule has 0 amide bonds. The van der Waals surface area contributed by atoms with Crippen molar-refractivity contribution in [2.75, 3.05) is 12.4 Å². The van der Waals surface area contributed by atoms with Gasteiger partial charge in [0.15, 0.2) is 0 Å². The second kappa shape index (κ2) is 4.60. The highest BCUT2D eigenvalue weighted by atomic mass is 15.2. The van der Waals surface area contributed by atoms with E-state index in [9.17, 15) is 0 Å². The van der Waals surface area contributed by atoms with Crippen LogP contribution in [0, 0.1) is 5.92 Å². The van der Waals surface area contributed by atoms with Gasteiger partial charge in [-0.25, -0.2) is 0 Å². The fraction of sp³-hybridized carbons (Fsp3) is 0.667. The van der Waals surface area contributed by atoms with Crippen molar-refractivity contribution in [2.24, 2.45) is 5.92 Å². The molecule has 0 aliphatic heterocycles. The minimum atomic E-state index is 0.858. The molecule has 0 spiro atoms. The maximum atomic E-state index is 4.27. The van der Waals surface area contributed by atoms with Crippen molar-refractivity contribution in [1.29, 1.82) is 0 Å². The van der Waals surface area contributed by atoms with Crippen LogP contribution in [0.5, 0.6) is 0 Å². The Morgan fingerprint density at radius 2 is 2.33 bits per heavy atom. The van der Waals surface area contributed by atoms with Crippen LogP contribution in [0.2, 0.25) is 0 Å². The highest BCUT2D eigenvalue weighted by molar-refractivity contribution is 5.38. The number of aromatic nitrogens is 2. The van der Waals surface area contributed by atoms with Crippen LogP contribution in [-0.4, -0.2) is 17.2 Å². The van der Waals surface area contributed by atoms with Crippen LogP contribution >= 0.6 is 0 Å². The van der Waals surface area contributed by atoms with Crippen LogP contribution in [-0.2, 0) is 12.8 Å². The molecule has 1 heterocycles. The lowest BCUT2D eigenvalue weighted by Gasteiger charge is -2.23. The van der Waals surface area contributed by atoms with Crippen LogP contribution in [0.15, 0.2) is 6.07 Å². The predicted molar refractivity (Wildman–Crippen MR) is 62.0 cm³/mol. The summed E-state index contributed by atoms with van der Waals surface area (Å²) in [7, 11) is 1.89.